The molecule has 0 aliphatic carbocycles. The van der Waals surface area contributed by atoms with E-state index in [0.29, 0.717) is 0 Å². The zero-order valence-electron chi connectivity index (χ0n) is 21.2. The summed E-state index contributed by atoms with van der Waals surface area (Å²) in [6.45, 7) is 0. The van der Waals surface area contributed by atoms with Crippen LogP contribution in [-0.4, -0.2) is 0 Å². The predicted molar refractivity (Wildman–Crippen MR) is 164 cm³/mol. The van der Waals surface area contributed by atoms with E-state index in [1.165, 1.54) is 64.1 Å². The third-order valence-electron chi connectivity index (χ3n) is 8.01. The highest BCUT2D eigenvalue weighted by Crippen LogP contribution is 2.62. The van der Waals surface area contributed by atoms with E-state index in [1.807, 2.05) is 23.5 Å². The molecular weight excluding hydrogens is 509 g/mol. The van der Waals surface area contributed by atoms with Crippen molar-refractivity contribution < 1.29 is 0 Å². The van der Waals surface area contributed by atoms with Crippen molar-refractivity contribution in [2.75, 3.05) is 0 Å². The normalized spacial score (nSPS) is 14.2. The first-order chi connectivity index (χ1) is 19.3. The van der Waals surface area contributed by atoms with Gasteiger partial charge in [-0.3, -0.25) is 0 Å². The lowest BCUT2D eigenvalue weighted by Crippen LogP contribution is -2.36. The van der Waals surface area contributed by atoms with Crippen LogP contribution in [0.25, 0.3) is 22.3 Å². The highest BCUT2D eigenvalue weighted by molar-refractivity contribution is 8.00. The van der Waals surface area contributed by atoms with Crippen molar-refractivity contribution in [3.8, 4) is 22.3 Å². The zero-order chi connectivity index (χ0) is 25.8. The molecule has 1 spiro atoms. The lowest BCUT2D eigenvalue weighted by Gasteiger charge is -2.46. The largest absolute Gasteiger partial charge is 0.0894 e. The summed E-state index contributed by atoms with van der Waals surface area (Å²) in [5.74, 6) is 0. The van der Waals surface area contributed by atoms with E-state index in [2.05, 4.69) is 146 Å². The third-order valence-corrected chi connectivity index (χ3v) is 10.4. The molecule has 0 nitrogen and oxygen atoms in total. The number of hydrogen-bond donors (Lipinski definition) is 0. The molecule has 2 aliphatic heterocycles. The molecule has 0 aromatic heterocycles. The van der Waals surface area contributed by atoms with Gasteiger partial charge < -0.3 is 0 Å². The summed E-state index contributed by atoms with van der Waals surface area (Å²) in [7, 11) is 0. The molecule has 6 aromatic carbocycles. The highest BCUT2D eigenvalue weighted by Gasteiger charge is 2.49. The maximum Gasteiger partial charge on any atom is 0.0745 e. The maximum absolute atomic E-state index is 2.41. The Morgan fingerprint density at radius 1 is 0.359 bits per heavy atom. The SMILES string of the molecule is c1ccc(-c2ccc3c(c2)Sc2c(-c4ccccc4)cccc2C32c3ccccc3Sc3ccccc32)cc1. The van der Waals surface area contributed by atoms with Crippen LogP contribution in [0.4, 0.5) is 0 Å². The molecule has 0 unspecified atom stereocenters. The van der Waals surface area contributed by atoms with Crippen LogP contribution in [0, 0.1) is 0 Å². The molecular formula is C37H24S2. The Balaban J connectivity index is 1.51. The van der Waals surface area contributed by atoms with Crippen molar-refractivity contribution in [2.45, 2.75) is 25.0 Å². The summed E-state index contributed by atoms with van der Waals surface area (Å²) in [5, 5.41) is 0. The number of benzene rings is 6. The molecule has 0 atom stereocenters. The Labute approximate surface area is 237 Å². The molecule has 0 N–H and O–H groups in total. The Morgan fingerprint density at radius 2 is 0.923 bits per heavy atom. The number of rotatable bonds is 2. The fourth-order valence-electron chi connectivity index (χ4n) is 6.34. The average molecular weight is 533 g/mol. The summed E-state index contributed by atoms with van der Waals surface area (Å²) >= 11 is 3.82. The fourth-order valence-corrected chi connectivity index (χ4v) is 8.90. The number of hydrogen-bond acceptors (Lipinski definition) is 2. The van der Waals surface area contributed by atoms with Crippen LogP contribution < -0.4 is 0 Å². The van der Waals surface area contributed by atoms with Crippen LogP contribution in [0.5, 0.6) is 0 Å². The summed E-state index contributed by atoms with van der Waals surface area (Å²) in [4.78, 5) is 5.33. The van der Waals surface area contributed by atoms with Gasteiger partial charge >= 0.3 is 0 Å². The molecule has 39 heavy (non-hydrogen) atoms. The van der Waals surface area contributed by atoms with Crippen molar-refractivity contribution in [3.05, 3.63) is 168 Å². The molecule has 0 bridgehead atoms. The van der Waals surface area contributed by atoms with E-state index in [-0.39, 0.29) is 0 Å². The van der Waals surface area contributed by atoms with Gasteiger partial charge in [0.2, 0.25) is 0 Å². The summed E-state index contributed by atoms with van der Waals surface area (Å²) in [5.41, 5.74) is 10.1. The van der Waals surface area contributed by atoms with E-state index >= 15 is 0 Å². The van der Waals surface area contributed by atoms with Gasteiger partial charge in [-0.15, -0.1) is 0 Å². The highest BCUT2D eigenvalue weighted by atomic mass is 32.2. The first-order valence-electron chi connectivity index (χ1n) is 13.3. The molecule has 2 heteroatoms. The molecule has 8 rings (SSSR count). The summed E-state index contributed by atoms with van der Waals surface area (Å²) < 4.78 is 0. The summed E-state index contributed by atoms with van der Waals surface area (Å²) in [6, 6.07) is 53.6. The van der Waals surface area contributed by atoms with E-state index < -0.39 is 5.41 Å². The van der Waals surface area contributed by atoms with Gasteiger partial charge in [-0.25, -0.2) is 0 Å². The van der Waals surface area contributed by atoms with Gasteiger partial charge in [-0.2, -0.15) is 0 Å². The fraction of sp³-hybridized carbons (Fsp3) is 0.0270. The van der Waals surface area contributed by atoms with Crippen molar-refractivity contribution in [2.24, 2.45) is 0 Å². The second kappa shape index (κ2) is 9.05. The Morgan fingerprint density at radius 3 is 1.62 bits per heavy atom. The van der Waals surface area contributed by atoms with Crippen LogP contribution in [-0.2, 0) is 5.41 Å². The second-order valence-electron chi connectivity index (χ2n) is 10.1. The lowest BCUT2D eigenvalue weighted by molar-refractivity contribution is 0.668. The minimum absolute atomic E-state index is 0.394. The first kappa shape index (κ1) is 23.0. The van der Waals surface area contributed by atoms with Crippen molar-refractivity contribution in [3.63, 3.8) is 0 Å². The van der Waals surface area contributed by atoms with E-state index in [1.54, 1.807) is 0 Å². The Bertz CT molecular complexity index is 1810. The quantitative estimate of drug-likeness (QED) is 0.217. The van der Waals surface area contributed by atoms with Gasteiger partial charge in [0.15, 0.2) is 0 Å². The van der Waals surface area contributed by atoms with E-state index in [4.69, 9.17) is 0 Å². The van der Waals surface area contributed by atoms with Crippen LogP contribution in [0.15, 0.2) is 165 Å². The lowest BCUT2D eigenvalue weighted by atomic mass is 9.64. The molecule has 0 fully saturated rings. The second-order valence-corrected chi connectivity index (χ2v) is 12.2. The van der Waals surface area contributed by atoms with Gasteiger partial charge in [-0.05, 0) is 62.7 Å². The predicted octanol–water partition coefficient (Wildman–Crippen LogP) is 10.3. The molecule has 0 saturated heterocycles. The standard InChI is InChI=1S/C37H24S2/c1-3-12-25(13-4-1)27-22-23-31-35(24-27)39-36-28(26-14-5-2-6-15-26)16-11-19-32(36)37(31)29-17-7-9-20-33(29)38-34-21-10-8-18-30(34)37/h1-24H. The van der Waals surface area contributed by atoms with Crippen molar-refractivity contribution >= 4 is 23.5 Å². The molecule has 184 valence electrons. The van der Waals surface area contributed by atoms with Gasteiger partial charge in [0.1, 0.15) is 0 Å². The minimum Gasteiger partial charge on any atom is -0.0894 e. The third kappa shape index (κ3) is 3.42. The smallest absolute Gasteiger partial charge is 0.0745 e. The Hall–Kier alpha value is -3.98. The molecule has 0 amide bonds. The van der Waals surface area contributed by atoms with E-state index in [0.717, 1.165) is 0 Å². The van der Waals surface area contributed by atoms with Crippen LogP contribution >= 0.6 is 23.5 Å². The van der Waals surface area contributed by atoms with Gasteiger partial charge in [-0.1, -0.05) is 151 Å². The van der Waals surface area contributed by atoms with Gasteiger partial charge in [0, 0.05) is 19.6 Å². The molecule has 0 saturated carbocycles. The van der Waals surface area contributed by atoms with Crippen LogP contribution in [0.1, 0.15) is 22.3 Å². The van der Waals surface area contributed by atoms with E-state index in [9.17, 15) is 0 Å². The summed E-state index contributed by atoms with van der Waals surface area (Å²) in [6.07, 6.45) is 0. The van der Waals surface area contributed by atoms with Gasteiger partial charge in [0.05, 0.1) is 5.41 Å². The Kier molecular flexibility index (Phi) is 5.33. The monoisotopic (exact) mass is 532 g/mol. The van der Waals surface area contributed by atoms with Crippen LogP contribution in [0.3, 0.4) is 0 Å². The molecule has 2 aliphatic rings. The van der Waals surface area contributed by atoms with Crippen LogP contribution in [0.2, 0.25) is 0 Å². The number of fused-ring (bicyclic) bond motifs is 8. The van der Waals surface area contributed by atoms with Gasteiger partial charge in [0.25, 0.3) is 0 Å². The first-order valence-corrected chi connectivity index (χ1v) is 14.9. The zero-order valence-corrected chi connectivity index (χ0v) is 22.8. The molecule has 2 heterocycles. The topological polar surface area (TPSA) is 0 Å². The molecule has 0 radical (unpaired) electrons. The van der Waals surface area contributed by atoms with Crippen molar-refractivity contribution in [1.82, 2.24) is 0 Å². The average Bonchev–Trinajstić information content (AvgIpc) is 3.01. The van der Waals surface area contributed by atoms with Crippen molar-refractivity contribution in [1.29, 1.82) is 0 Å². The minimum atomic E-state index is -0.394. The maximum atomic E-state index is 2.41. The molecule has 6 aromatic rings.